The van der Waals surface area contributed by atoms with Crippen LogP contribution in [-0.4, -0.2) is 63.3 Å². The summed E-state index contributed by atoms with van der Waals surface area (Å²) in [4.78, 5) is 35.4. The molecule has 1 fully saturated rings. The minimum atomic E-state index is -0.594. The van der Waals surface area contributed by atoms with Crippen LogP contribution < -0.4 is 16.0 Å². The second-order valence-electron chi connectivity index (χ2n) is 9.87. The molecule has 11 nitrogen and oxygen atoms in total. The smallest absolute Gasteiger partial charge is 0.410 e. The fourth-order valence-electron chi connectivity index (χ4n) is 3.69. The van der Waals surface area contributed by atoms with Crippen molar-refractivity contribution in [2.45, 2.75) is 78.4 Å². The molecular weight excluding hydrogens is 474 g/mol. The van der Waals surface area contributed by atoms with Crippen LogP contribution in [0.25, 0.3) is 0 Å². The quantitative estimate of drug-likeness (QED) is 0.337. The molecule has 1 atom stereocenters. The van der Waals surface area contributed by atoms with Crippen LogP contribution in [0.4, 0.5) is 22.4 Å². The number of unbranched alkanes of at least 4 members (excludes halogenated alkanes) is 1. The molecule has 0 aliphatic carbocycles. The predicted octanol–water partition coefficient (Wildman–Crippen LogP) is 3.99. The molecular formula is C26H37N7O4. The van der Waals surface area contributed by atoms with Crippen molar-refractivity contribution in [3.63, 3.8) is 0 Å². The van der Waals surface area contributed by atoms with Gasteiger partial charge in [-0.15, -0.1) is 0 Å². The highest BCUT2D eigenvalue weighted by atomic mass is 16.6. The number of amides is 2. The topological polar surface area (TPSA) is 135 Å². The van der Waals surface area contributed by atoms with E-state index in [4.69, 9.17) is 9.26 Å². The first kappa shape index (κ1) is 27.8. The van der Waals surface area contributed by atoms with Crippen LogP contribution in [-0.2, 0) is 9.53 Å². The van der Waals surface area contributed by atoms with Crippen molar-refractivity contribution < 1.29 is 18.8 Å². The normalized spacial score (nSPS) is 15.1. The van der Waals surface area contributed by atoms with Crippen molar-refractivity contribution in [3.8, 4) is 11.8 Å². The average molecular weight is 512 g/mol. The van der Waals surface area contributed by atoms with E-state index in [1.54, 1.807) is 12.3 Å². The zero-order chi connectivity index (χ0) is 26.8. The van der Waals surface area contributed by atoms with Crippen molar-refractivity contribution in [1.29, 1.82) is 0 Å². The number of rotatable bonds is 9. The maximum atomic E-state index is 12.7. The van der Waals surface area contributed by atoms with E-state index in [-0.39, 0.29) is 5.91 Å². The average Bonchev–Trinajstić information content (AvgIpc) is 3.49. The summed E-state index contributed by atoms with van der Waals surface area (Å²) >= 11 is 0. The monoisotopic (exact) mass is 511 g/mol. The Morgan fingerprint density at radius 3 is 2.81 bits per heavy atom. The zero-order valence-electron chi connectivity index (χ0n) is 22.3. The molecule has 3 rings (SSSR count). The Hall–Kier alpha value is -3.81. The fraction of sp³-hybridized carbons (Fsp3) is 0.577. The summed E-state index contributed by atoms with van der Waals surface area (Å²) in [5.74, 6) is 7.59. The third-order valence-corrected chi connectivity index (χ3v) is 5.38. The van der Waals surface area contributed by atoms with Crippen molar-refractivity contribution in [3.05, 3.63) is 23.5 Å². The van der Waals surface area contributed by atoms with E-state index in [1.165, 1.54) is 4.90 Å². The summed E-state index contributed by atoms with van der Waals surface area (Å²) in [6.07, 6.45) is 4.85. The van der Waals surface area contributed by atoms with Gasteiger partial charge in [0.2, 0.25) is 17.7 Å². The van der Waals surface area contributed by atoms with Crippen molar-refractivity contribution in [1.82, 2.24) is 25.3 Å². The lowest BCUT2D eigenvalue weighted by molar-refractivity contribution is -0.125. The van der Waals surface area contributed by atoms with Gasteiger partial charge in [0.1, 0.15) is 17.5 Å². The molecule has 0 aromatic carbocycles. The molecule has 2 aromatic heterocycles. The van der Waals surface area contributed by atoms with Crippen molar-refractivity contribution in [2.24, 2.45) is 0 Å². The minimum Gasteiger partial charge on any atom is -0.444 e. The molecule has 11 heteroatoms. The number of aryl methyl sites for hydroxylation is 1. The second-order valence-corrected chi connectivity index (χ2v) is 9.87. The molecule has 1 saturated heterocycles. The van der Waals surface area contributed by atoms with Gasteiger partial charge in [0.15, 0.2) is 0 Å². The van der Waals surface area contributed by atoms with E-state index >= 15 is 0 Å². The van der Waals surface area contributed by atoms with Gasteiger partial charge >= 0.3 is 6.09 Å². The summed E-state index contributed by atoms with van der Waals surface area (Å²) in [5.41, 5.74) is 0.855. The molecule has 37 heavy (non-hydrogen) atoms. The fourth-order valence-corrected chi connectivity index (χ4v) is 3.69. The van der Waals surface area contributed by atoms with E-state index in [0.717, 1.165) is 25.1 Å². The Balaban J connectivity index is 1.50. The van der Waals surface area contributed by atoms with Crippen LogP contribution in [0.3, 0.4) is 0 Å². The molecule has 0 spiro atoms. The van der Waals surface area contributed by atoms with Crippen LogP contribution in [0.15, 0.2) is 16.8 Å². The number of hydrogen-bond acceptors (Lipinski definition) is 9. The second kappa shape index (κ2) is 12.9. The van der Waals surface area contributed by atoms with Gasteiger partial charge in [-0.2, -0.15) is 4.98 Å². The summed E-state index contributed by atoms with van der Waals surface area (Å²) in [5, 5.41) is 13.0. The molecule has 2 amide bonds. The Labute approximate surface area is 218 Å². The minimum absolute atomic E-state index is 0.152. The lowest BCUT2D eigenvalue weighted by Crippen LogP contribution is -2.47. The van der Waals surface area contributed by atoms with E-state index in [2.05, 4.69) is 49.8 Å². The molecule has 3 N–H and O–H groups in total. The molecule has 3 heterocycles. The van der Waals surface area contributed by atoms with Gasteiger partial charge in [-0.05, 0) is 53.4 Å². The molecule has 1 aliphatic rings. The Kier molecular flexibility index (Phi) is 9.71. The largest absolute Gasteiger partial charge is 0.444 e. The van der Waals surface area contributed by atoms with Gasteiger partial charge in [-0.3, -0.25) is 15.0 Å². The maximum Gasteiger partial charge on any atom is 0.410 e. The maximum absolute atomic E-state index is 12.7. The van der Waals surface area contributed by atoms with Crippen LogP contribution >= 0.6 is 0 Å². The van der Waals surface area contributed by atoms with Crippen LogP contribution in [0.1, 0.15) is 71.1 Å². The Bertz CT molecular complexity index is 1130. The Morgan fingerprint density at radius 1 is 1.30 bits per heavy atom. The first-order valence-corrected chi connectivity index (χ1v) is 12.7. The van der Waals surface area contributed by atoms with E-state index in [9.17, 15) is 9.59 Å². The predicted molar refractivity (Wildman–Crippen MR) is 140 cm³/mol. The molecule has 0 saturated carbocycles. The number of nitrogens with zero attached hydrogens (tertiary/aromatic N) is 4. The lowest BCUT2D eigenvalue weighted by Gasteiger charge is -2.28. The number of likely N-dealkylation sites (tertiary alicyclic amines) is 1. The number of hydrogen-bond donors (Lipinski definition) is 3. The van der Waals surface area contributed by atoms with Gasteiger partial charge in [0.05, 0.1) is 17.5 Å². The number of carbonyl (C=O) groups is 2. The number of ether oxygens (including phenoxy) is 1. The Morgan fingerprint density at radius 2 is 2.11 bits per heavy atom. The summed E-state index contributed by atoms with van der Waals surface area (Å²) in [7, 11) is 0. The molecule has 200 valence electrons. The molecule has 0 radical (unpaired) electrons. The molecule has 0 unspecified atom stereocenters. The molecule has 1 aliphatic heterocycles. The van der Waals surface area contributed by atoms with Gasteiger partial charge in [0, 0.05) is 32.1 Å². The highest BCUT2D eigenvalue weighted by molar-refractivity contribution is 5.86. The highest BCUT2D eigenvalue weighted by Crippen LogP contribution is 2.21. The molecule has 2 aromatic rings. The van der Waals surface area contributed by atoms with E-state index < -0.39 is 17.7 Å². The van der Waals surface area contributed by atoms with E-state index in [0.29, 0.717) is 55.6 Å². The van der Waals surface area contributed by atoms with Gasteiger partial charge in [0.25, 0.3) is 0 Å². The highest BCUT2D eigenvalue weighted by Gasteiger charge is 2.36. The van der Waals surface area contributed by atoms with Crippen molar-refractivity contribution in [2.75, 3.05) is 30.3 Å². The third-order valence-electron chi connectivity index (χ3n) is 5.38. The molecule has 0 bridgehead atoms. The standard InChI is InChI=1S/C26H37N7O4/c1-6-13-27-22-19(17-29-24(31-22)30-21-16-18(2)32-37-21)11-8-7-9-14-28-23(34)20-12-10-15-33(20)25(35)36-26(3,4)5/h16-17,20H,6-7,9-10,12-15H2,1-5H3,(H,28,34)(H2,27,29,30,31)/t20-/m0/s1. The van der Waals surface area contributed by atoms with Crippen LogP contribution in [0.5, 0.6) is 0 Å². The van der Waals surface area contributed by atoms with Gasteiger partial charge in [-0.25, -0.2) is 9.78 Å². The van der Waals surface area contributed by atoms with Crippen molar-refractivity contribution >= 4 is 29.7 Å². The summed E-state index contributed by atoms with van der Waals surface area (Å²) in [6.45, 7) is 11.1. The number of carbonyl (C=O) groups excluding carboxylic acids is 2. The summed E-state index contributed by atoms with van der Waals surface area (Å²) < 4.78 is 10.6. The number of anilines is 3. The SMILES string of the molecule is CCCNc1nc(Nc2cc(C)no2)ncc1C#CCCCNC(=O)[C@@H]1CCCN1C(=O)OC(C)(C)C. The van der Waals surface area contributed by atoms with Gasteiger partial charge in [-0.1, -0.05) is 23.9 Å². The lowest BCUT2D eigenvalue weighted by atomic mass is 10.2. The zero-order valence-corrected chi connectivity index (χ0v) is 22.3. The third kappa shape index (κ3) is 8.66. The first-order valence-electron chi connectivity index (χ1n) is 12.7. The number of aromatic nitrogens is 3. The van der Waals surface area contributed by atoms with Crippen LogP contribution in [0, 0.1) is 18.8 Å². The first-order chi connectivity index (χ1) is 17.7. The number of nitrogens with one attached hydrogen (secondary N) is 3. The van der Waals surface area contributed by atoms with Crippen LogP contribution in [0.2, 0.25) is 0 Å². The van der Waals surface area contributed by atoms with E-state index in [1.807, 2.05) is 27.7 Å². The van der Waals surface area contributed by atoms with Gasteiger partial charge < -0.3 is 19.9 Å². The summed E-state index contributed by atoms with van der Waals surface area (Å²) in [6, 6.07) is 1.27.